The lowest BCUT2D eigenvalue weighted by Crippen LogP contribution is -2.25. The van der Waals surface area contributed by atoms with Crippen LogP contribution in [0.15, 0.2) is 12.4 Å². The number of nitrogens with zero attached hydrogens (tertiary/aromatic N) is 2. The van der Waals surface area contributed by atoms with Crippen molar-refractivity contribution in [3.8, 4) is 0 Å². The average molecular weight is 208 g/mol. The van der Waals surface area contributed by atoms with Crippen molar-refractivity contribution >= 4 is 5.95 Å². The van der Waals surface area contributed by atoms with E-state index in [9.17, 15) is 0 Å². The summed E-state index contributed by atoms with van der Waals surface area (Å²) in [5.74, 6) is 0.317. The van der Waals surface area contributed by atoms with Crippen molar-refractivity contribution in [2.75, 3.05) is 18.9 Å². The second-order valence-electron chi connectivity index (χ2n) is 3.72. The molecular formula is C10H16N4O. The lowest BCUT2D eigenvalue weighted by Gasteiger charge is -2.10. The Balaban J connectivity index is 1.71. The summed E-state index contributed by atoms with van der Waals surface area (Å²) >= 11 is 0. The molecule has 0 bridgehead atoms. The fourth-order valence-electron chi connectivity index (χ4n) is 1.64. The number of rotatable bonds is 4. The number of ether oxygens (including phenoxy) is 1. The summed E-state index contributed by atoms with van der Waals surface area (Å²) in [6, 6.07) is 0. The van der Waals surface area contributed by atoms with Crippen molar-refractivity contribution in [1.82, 2.24) is 15.3 Å². The predicted octanol–water partition coefficient (Wildman–Crippen LogP) is 0.327. The van der Waals surface area contributed by atoms with Crippen molar-refractivity contribution in [2.24, 2.45) is 0 Å². The monoisotopic (exact) mass is 208 g/mol. The van der Waals surface area contributed by atoms with E-state index in [1.807, 2.05) is 0 Å². The summed E-state index contributed by atoms with van der Waals surface area (Å²) in [5, 5.41) is 3.32. The molecule has 0 aliphatic carbocycles. The maximum absolute atomic E-state index is 5.50. The summed E-state index contributed by atoms with van der Waals surface area (Å²) in [6.45, 7) is 2.56. The first kappa shape index (κ1) is 10.3. The molecule has 1 aliphatic heterocycles. The van der Waals surface area contributed by atoms with Crippen LogP contribution in [0.5, 0.6) is 0 Å². The molecule has 3 N–H and O–H groups in total. The van der Waals surface area contributed by atoms with Crippen LogP contribution in [0.2, 0.25) is 0 Å². The molecule has 0 amide bonds. The first-order chi connectivity index (χ1) is 7.34. The smallest absolute Gasteiger partial charge is 0.219 e. The zero-order chi connectivity index (χ0) is 10.5. The highest BCUT2D eigenvalue weighted by Gasteiger charge is 2.14. The fraction of sp³-hybridized carbons (Fsp3) is 0.600. The van der Waals surface area contributed by atoms with Crippen LogP contribution in [0.4, 0.5) is 5.95 Å². The molecule has 2 rings (SSSR count). The summed E-state index contributed by atoms with van der Waals surface area (Å²) < 4.78 is 5.50. The van der Waals surface area contributed by atoms with Gasteiger partial charge in [0.25, 0.3) is 0 Å². The minimum absolute atomic E-state index is 0.317. The lowest BCUT2D eigenvalue weighted by atomic mass is 10.2. The highest BCUT2D eigenvalue weighted by Crippen LogP contribution is 2.10. The fourth-order valence-corrected chi connectivity index (χ4v) is 1.64. The third kappa shape index (κ3) is 3.14. The van der Waals surface area contributed by atoms with Gasteiger partial charge in [0.05, 0.1) is 6.10 Å². The number of hydrogen-bond donors (Lipinski definition) is 2. The zero-order valence-corrected chi connectivity index (χ0v) is 8.65. The van der Waals surface area contributed by atoms with Gasteiger partial charge in [0.1, 0.15) is 0 Å². The molecule has 0 radical (unpaired) electrons. The van der Waals surface area contributed by atoms with Crippen LogP contribution in [-0.2, 0) is 11.3 Å². The second-order valence-corrected chi connectivity index (χ2v) is 3.72. The number of aromatic nitrogens is 2. The Labute approximate surface area is 89.1 Å². The number of nitrogens with two attached hydrogens (primary N) is 1. The minimum Gasteiger partial charge on any atom is -0.377 e. The minimum atomic E-state index is 0.317. The van der Waals surface area contributed by atoms with Gasteiger partial charge in [-0.05, 0) is 12.8 Å². The Hall–Kier alpha value is -1.20. The molecule has 1 unspecified atom stereocenters. The van der Waals surface area contributed by atoms with E-state index in [0.29, 0.717) is 12.1 Å². The molecule has 1 fully saturated rings. The molecule has 1 saturated heterocycles. The van der Waals surface area contributed by atoms with E-state index in [2.05, 4.69) is 15.3 Å². The predicted molar refractivity (Wildman–Crippen MR) is 57.1 cm³/mol. The number of hydrogen-bond acceptors (Lipinski definition) is 5. The van der Waals surface area contributed by atoms with E-state index in [4.69, 9.17) is 10.5 Å². The van der Waals surface area contributed by atoms with Crippen molar-refractivity contribution < 1.29 is 4.74 Å². The topological polar surface area (TPSA) is 73.1 Å². The molecule has 5 heteroatoms. The zero-order valence-electron chi connectivity index (χ0n) is 8.65. The highest BCUT2D eigenvalue weighted by molar-refractivity contribution is 5.16. The van der Waals surface area contributed by atoms with Gasteiger partial charge < -0.3 is 15.8 Å². The first-order valence-corrected chi connectivity index (χ1v) is 5.23. The summed E-state index contributed by atoms with van der Waals surface area (Å²) in [5.41, 5.74) is 6.44. The maximum Gasteiger partial charge on any atom is 0.219 e. The first-order valence-electron chi connectivity index (χ1n) is 5.23. The van der Waals surface area contributed by atoms with Crippen LogP contribution < -0.4 is 11.1 Å². The van der Waals surface area contributed by atoms with Gasteiger partial charge in [-0.3, -0.25) is 0 Å². The van der Waals surface area contributed by atoms with Crippen LogP contribution in [0.1, 0.15) is 18.4 Å². The van der Waals surface area contributed by atoms with Gasteiger partial charge in [-0.15, -0.1) is 0 Å². The Morgan fingerprint density at radius 2 is 2.27 bits per heavy atom. The van der Waals surface area contributed by atoms with Crippen LogP contribution in [0.3, 0.4) is 0 Å². The quantitative estimate of drug-likeness (QED) is 0.746. The number of nitrogens with one attached hydrogen (secondary N) is 1. The van der Waals surface area contributed by atoms with Crippen molar-refractivity contribution in [3.05, 3.63) is 18.0 Å². The van der Waals surface area contributed by atoms with Crippen molar-refractivity contribution in [1.29, 1.82) is 0 Å². The van der Waals surface area contributed by atoms with E-state index >= 15 is 0 Å². The third-order valence-electron chi connectivity index (χ3n) is 2.45. The molecule has 15 heavy (non-hydrogen) atoms. The molecule has 1 aromatic rings. The molecule has 2 heterocycles. The highest BCUT2D eigenvalue weighted by atomic mass is 16.5. The molecule has 82 valence electrons. The van der Waals surface area contributed by atoms with Crippen LogP contribution in [0.25, 0.3) is 0 Å². The van der Waals surface area contributed by atoms with Crippen LogP contribution in [-0.4, -0.2) is 29.2 Å². The van der Waals surface area contributed by atoms with Crippen LogP contribution in [0, 0.1) is 0 Å². The standard InChI is InChI=1S/C10H16N4O/c11-10-13-5-8(6-14-10)4-12-7-9-2-1-3-15-9/h5-6,9,12H,1-4,7H2,(H2,11,13,14). The van der Waals surface area contributed by atoms with Crippen molar-refractivity contribution in [2.45, 2.75) is 25.5 Å². The molecule has 1 atom stereocenters. The van der Waals surface area contributed by atoms with E-state index in [1.54, 1.807) is 12.4 Å². The van der Waals surface area contributed by atoms with E-state index in [0.717, 1.165) is 31.7 Å². The van der Waals surface area contributed by atoms with E-state index in [-0.39, 0.29) is 0 Å². The third-order valence-corrected chi connectivity index (χ3v) is 2.45. The normalized spacial score (nSPS) is 20.7. The molecular weight excluding hydrogens is 192 g/mol. The molecule has 5 nitrogen and oxygen atoms in total. The van der Waals surface area contributed by atoms with Gasteiger partial charge in [-0.2, -0.15) is 0 Å². The number of anilines is 1. The van der Waals surface area contributed by atoms with E-state index in [1.165, 1.54) is 6.42 Å². The van der Waals surface area contributed by atoms with Gasteiger partial charge in [0.2, 0.25) is 5.95 Å². The largest absolute Gasteiger partial charge is 0.377 e. The van der Waals surface area contributed by atoms with E-state index < -0.39 is 0 Å². The summed E-state index contributed by atoms with van der Waals surface area (Å²) in [4.78, 5) is 7.85. The van der Waals surface area contributed by atoms with Crippen molar-refractivity contribution in [3.63, 3.8) is 0 Å². The summed E-state index contributed by atoms with van der Waals surface area (Å²) in [7, 11) is 0. The molecule has 1 aromatic heterocycles. The molecule has 1 aliphatic rings. The summed E-state index contributed by atoms with van der Waals surface area (Å²) in [6.07, 6.45) is 6.19. The Morgan fingerprint density at radius 3 is 2.93 bits per heavy atom. The van der Waals surface area contributed by atoms with Crippen LogP contribution >= 0.6 is 0 Å². The Kier molecular flexibility index (Phi) is 3.47. The Bertz CT molecular complexity index is 295. The Morgan fingerprint density at radius 1 is 1.47 bits per heavy atom. The SMILES string of the molecule is Nc1ncc(CNCC2CCCO2)cn1. The lowest BCUT2D eigenvalue weighted by molar-refractivity contribution is 0.110. The number of nitrogen functional groups attached to an aromatic ring is 1. The average Bonchev–Trinajstić information content (AvgIpc) is 2.74. The molecule has 0 aromatic carbocycles. The molecule has 0 saturated carbocycles. The van der Waals surface area contributed by atoms with Gasteiger partial charge in [-0.1, -0.05) is 0 Å². The van der Waals surface area contributed by atoms with Gasteiger partial charge >= 0.3 is 0 Å². The second kappa shape index (κ2) is 5.04. The van der Waals surface area contributed by atoms with Gasteiger partial charge in [-0.25, -0.2) is 9.97 Å². The maximum atomic E-state index is 5.50. The molecule has 0 spiro atoms. The van der Waals surface area contributed by atoms with Gasteiger partial charge in [0, 0.05) is 37.7 Å². The van der Waals surface area contributed by atoms with Gasteiger partial charge in [0.15, 0.2) is 0 Å².